The van der Waals surface area contributed by atoms with Crippen LogP contribution in [-0.2, 0) is 30.4 Å². The van der Waals surface area contributed by atoms with Crippen molar-refractivity contribution >= 4 is 56.8 Å². The molecule has 5 aromatic carbocycles. The first kappa shape index (κ1) is 44.4. The van der Waals surface area contributed by atoms with Gasteiger partial charge in [-0.3, -0.25) is 9.59 Å². The van der Waals surface area contributed by atoms with Gasteiger partial charge in [0.1, 0.15) is 36.1 Å². The van der Waals surface area contributed by atoms with Crippen LogP contribution in [0.3, 0.4) is 0 Å². The van der Waals surface area contributed by atoms with Crippen molar-refractivity contribution in [1.82, 2.24) is 40.4 Å². The number of methoxy groups -OCH3 is 3. The number of alkyl carbamates (subject to hydrolysis) is 2. The Morgan fingerprint density at radius 3 is 2.29 bits per heavy atom. The highest BCUT2D eigenvalue weighted by molar-refractivity contribution is 6.07. The molecule has 16 heteroatoms. The molecule has 0 saturated carbocycles. The standard InChI is InChI=1S/C52H54N8O8/c1-28(2)44(57-51(63)66-4)49(61)59-19-9-12-41(59)47-53-38-17-14-32(23-40(38)55-47)31-13-16-35-34(21-31)27-68-43-24-36-33(22-37(35)43)15-18-39-46(36)56-48(54-39)42-20-29(26-65-3)25-60(42)50(62)45(58-52(64)67-5)30-10-7-6-8-11-30/h6-8,10-11,13-18,21-24,28-29,41-42,44-45H,9,12,19-20,25-27H2,1-5H3,(H,53,55)(H,54,56)(H,57,63)(H,58,64)/t29-,41-,42-,44-,45+/m0/s1. The monoisotopic (exact) mass is 918 g/mol. The number of ether oxygens (including phenoxy) is 4. The highest BCUT2D eigenvalue weighted by atomic mass is 16.5. The number of amides is 4. The van der Waals surface area contributed by atoms with Crippen molar-refractivity contribution in [2.24, 2.45) is 11.8 Å². The Morgan fingerprint density at radius 2 is 1.51 bits per heavy atom. The van der Waals surface area contributed by atoms with E-state index in [1.807, 2.05) is 61.2 Å². The Morgan fingerprint density at radius 1 is 0.779 bits per heavy atom. The fourth-order valence-electron chi connectivity index (χ4n) is 10.3. The van der Waals surface area contributed by atoms with Crippen LogP contribution in [0.25, 0.3) is 55.1 Å². The molecule has 3 aliphatic rings. The third-order valence-electron chi connectivity index (χ3n) is 13.7. The Bertz CT molecular complexity index is 3080. The van der Waals surface area contributed by atoms with Gasteiger partial charge in [-0.25, -0.2) is 19.6 Å². The maximum absolute atomic E-state index is 14.4. The first-order valence-corrected chi connectivity index (χ1v) is 23.1. The van der Waals surface area contributed by atoms with Gasteiger partial charge >= 0.3 is 12.2 Å². The van der Waals surface area contributed by atoms with Crippen LogP contribution in [0.1, 0.15) is 74.0 Å². The van der Waals surface area contributed by atoms with Crippen molar-refractivity contribution in [3.05, 3.63) is 114 Å². The van der Waals surface area contributed by atoms with Crippen LogP contribution in [0.2, 0.25) is 0 Å². The number of rotatable bonds is 11. The van der Waals surface area contributed by atoms with Crippen LogP contribution >= 0.6 is 0 Å². The second-order valence-electron chi connectivity index (χ2n) is 18.3. The van der Waals surface area contributed by atoms with Crippen LogP contribution in [-0.4, -0.2) is 101 Å². The number of hydrogen-bond acceptors (Lipinski definition) is 10. The molecule has 7 aromatic rings. The Hall–Kier alpha value is -7.46. The second kappa shape index (κ2) is 18.3. The number of fused-ring (bicyclic) bond motifs is 7. The summed E-state index contributed by atoms with van der Waals surface area (Å²) in [6, 6.07) is 27.8. The Kier molecular flexibility index (Phi) is 12.0. The molecule has 4 amide bonds. The summed E-state index contributed by atoms with van der Waals surface area (Å²) in [5.41, 5.74) is 9.16. The third kappa shape index (κ3) is 8.22. The molecule has 5 heterocycles. The molecule has 0 radical (unpaired) electrons. The van der Waals surface area contributed by atoms with Crippen LogP contribution in [0, 0.1) is 11.8 Å². The summed E-state index contributed by atoms with van der Waals surface area (Å²) in [6.07, 6.45) is 0.906. The van der Waals surface area contributed by atoms with E-state index in [9.17, 15) is 19.2 Å². The largest absolute Gasteiger partial charge is 0.488 e. The zero-order valence-corrected chi connectivity index (χ0v) is 38.6. The van der Waals surface area contributed by atoms with Gasteiger partial charge in [-0.15, -0.1) is 0 Å². The molecular formula is C52H54N8O8. The Labute approximate surface area is 392 Å². The third-order valence-corrected chi connectivity index (χ3v) is 13.7. The average molecular weight is 919 g/mol. The van der Waals surface area contributed by atoms with Gasteiger partial charge in [0.2, 0.25) is 5.91 Å². The van der Waals surface area contributed by atoms with Crippen LogP contribution < -0.4 is 15.4 Å². The molecule has 5 atom stereocenters. The lowest BCUT2D eigenvalue weighted by atomic mass is 9.91. The van der Waals surface area contributed by atoms with E-state index in [2.05, 4.69) is 69.1 Å². The molecule has 350 valence electrons. The predicted octanol–water partition coefficient (Wildman–Crippen LogP) is 8.50. The van der Waals surface area contributed by atoms with Gasteiger partial charge in [-0.2, -0.15) is 0 Å². The molecule has 0 bridgehead atoms. The molecule has 2 saturated heterocycles. The molecule has 0 spiro atoms. The molecule has 0 aliphatic carbocycles. The van der Waals surface area contributed by atoms with E-state index in [1.165, 1.54) is 14.2 Å². The number of aromatic amines is 2. The minimum absolute atomic E-state index is 0.0603. The molecule has 2 aromatic heterocycles. The van der Waals surface area contributed by atoms with Crippen LogP contribution in [0.5, 0.6) is 5.75 Å². The first-order chi connectivity index (χ1) is 33.0. The van der Waals surface area contributed by atoms with Crippen molar-refractivity contribution in [2.75, 3.05) is 41.0 Å². The predicted molar refractivity (Wildman–Crippen MR) is 255 cm³/mol. The van der Waals surface area contributed by atoms with Gasteiger partial charge in [-0.05, 0) is 94.8 Å². The topological polar surface area (TPSA) is 193 Å². The molecule has 4 N–H and O–H groups in total. The summed E-state index contributed by atoms with van der Waals surface area (Å²) in [5.74, 6) is 1.68. The normalized spacial score (nSPS) is 18.6. The average Bonchev–Trinajstić information content (AvgIpc) is 4.19. The molecule has 0 unspecified atom stereocenters. The molecular weight excluding hydrogens is 865 g/mol. The van der Waals surface area contributed by atoms with E-state index in [0.29, 0.717) is 44.1 Å². The van der Waals surface area contributed by atoms with E-state index in [0.717, 1.165) is 85.1 Å². The van der Waals surface area contributed by atoms with E-state index >= 15 is 0 Å². The smallest absolute Gasteiger partial charge is 0.407 e. The van der Waals surface area contributed by atoms with E-state index in [4.69, 9.17) is 28.9 Å². The number of likely N-dealkylation sites (tertiary alicyclic amines) is 2. The Balaban J connectivity index is 0.912. The van der Waals surface area contributed by atoms with Crippen molar-refractivity contribution < 1.29 is 38.1 Å². The number of hydrogen-bond donors (Lipinski definition) is 4. The lowest BCUT2D eigenvalue weighted by Crippen LogP contribution is -2.51. The fraction of sp³-hybridized carbons (Fsp3) is 0.346. The van der Waals surface area contributed by atoms with Crippen molar-refractivity contribution in [1.29, 1.82) is 0 Å². The maximum atomic E-state index is 14.4. The van der Waals surface area contributed by atoms with Crippen molar-refractivity contribution in [2.45, 2.75) is 63.9 Å². The molecule has 10 rings (SSSR count). The lowest BCUT2D eigenvalue weighted by molar-refractivity contribution is -0.136. The number of nitrogens with zero attached hydrogens (tertiary/aromatic N) is 4. The summed E-state index contributed by atoms with van der Waals surface area (Å²) in [5, 5.41) is 7.44. The molecule has 3 aliphatic heterocycles. The zero-order chi connectivity index (χ0) is 47.2. The van der Waals surface area contributed by atoms with Crippen molar-refractivity contribution in [3.63, 3.8) is 0 Å². The maximum Gasteiger partial charge on any atom is 0.407 e. The highest BCUT2D eigenvalue weighted by Crippen LogP contribution is 2.44. The lowest BCUT2D eigenvalue weighted by Gasteiger charge is -2.29. The highest BCUT2D eigenvalue weighted by Gasteiger charge is 2.42. The molecule has 16 nitrogen and oxygen atoms in total. The second-order valence-corrected chi connectivity index (χ2v) is 18.3. The summed E-state index contributed by atoms with van der Waals surface area (Å²) in [4.78, 5) is 73.5. The minimum Gasteiger partial charge on any atom is -0.488 e. The number of nitrogens with one attached hydrogen (secondary N) is 4. The summed E-state index contributed by atoms with van der Waals surface area (Å²) in [7, 11) is 4.23. The SMILES string of the molecule is COC[C@H]1C[C@@H](c2nc3ccc4cc5c(cc4c3[nH]2)OCc2cc(-c3ccc4nc([C@@H]6CCCN6C(=O)[C@@H](NC(=O)OC)C(C)C)[nH]c4c3)ccc2-5)N(C(=O)[C@H](NC(=O)OC)c2ccccc2)C1. The summed E-state index contributed by atoms with van der Waals surface area (Å²) in [6.45, 7) is 5.68. The van der Waals surface area contributed by atoms with Crippen molar-refractivity contribution in [3.8, 4) is 28.0 Å². The van der Waals surface area contributed by atoms with Gasteiger partial charge in [0.25, 0.3) is 5.91 Å². The van der Waals surface area contributed by atoms with Gasteiger partial charge in [0.05, 0.1) is 55.0 Å². The summed E-state index contributed by atoms with van der Waals surface area (Å²) >= 11 is 0. The zero-order valence-electron chi connectivity index (χ0n) is 38.6. The first-order valence-electron chi connectivity index (χ1n) is 23.1. The fourth-order valence-corrected chi connectivity index (χ4v) is 10.3. The quantitative estimate of drug-likeness (QED) is 0.0978. The van der Waals surface area contributed by atoms with Gasteiger partial charge in [0.15, 0.2) is 0 Å². The summed E-state index contributed by atoms with van der Waals surface area (Å²) < 4.78 is 21.8. The number of carbonyl (C=O) groups excluding carboxylic acids is 4. The molecule has 2 fully saturated rings. The van der Waals surface area contributed by atoms with E-state index in [1.54, 1.807) is 12.0 Å². The van der Waals surface area contributed by atoms with E-state index < -0.39 is 30.3 Å². The van der Waals surface area contributed by atoms with Gasteiger partial charge in [-0.1, -0.05) is 68.4 Å². The van der Waals surface area contributed by atoms with Gasteiger partial charge in [0, 0.05) is 37.1 Å². The number of carbonyl (C=O) groups is 4. The number of aromatic nitrogens is 4. The van der Waals surface area contributed by atoms with Crippen LogP contribution in [0.15, 0.2) is 91.0 Å². The van der Waals surface area contributed by atoms with Crippen LogP contribution in [0.4, 0.5) is 9.59 Å². The number of H-pyrrole nitrogens is 2. The number of benzene rings is 5. The van der Waals surface area contributed by atoms with Gasteiger partial charge < -0.3 is 49.3 Å². The molecule has 68 heavy (non-hydrogen) atoms. The van der Waals surface area contributed by atoms with E-state index in [-0.39, 0.29) is 29.7 Å². The minimum atomic E-state index is -0.954. The number of imidazole rings is 2.